The van der Waals surface area contributed by atoms with E-state index in [0.29, 0.717) is 31.0 Å². The Kier molecular flexibility index (Phi) is 12.3. The molecule has 0 unspecified atom stereocenters. The topological polar surface area (TPSA) is 216 Å². The van der Waals surface area contributed by atoms with Crippen LogP contribution in [0.3, 0.4) is 0 Å². The molecule has 4 N–H and O–H groups in total. The van der Waals surface area contributed by atoms with E-state index in [9.17, 15) is 37.7 Å². The molecule has 2 aliphatic heterocycles. The zero-order valence-electron chi connectivity index (χ0n) is 28.6. The number of nitrogens with one attached hydrogen (secondary N) is 1. The van der Waals surface area contributed by atoms with Crippen LogP contribution < -0.4 is 15.5 Å². The third-order valence-corrected chi connectivity index (χ3v) is 9.65. The summed E-state index contributed by atoms with van der Waals surface area (Å²) in [6.07, 6.45) is -0.676. The Balaban J connectivity index is 1.68. The molecule has 0 spiro atoms. The van der Waals surface area contributed by atoms with E-state index in [1.54, 1.807) is 11.8 Å². The number of carbonyl (C=O) groups excluding carboxylic acids is 3. The summed E-state index contributed by atoms with van der Waals surface area (Å²) in [5.74, 6) is -3.89. The number of carbonyl (C=O) groups is 3. The molecular weight excluding hydrogens is 701 g/mol. The number of fused-ring (bicyclic) bond motifs is 4. The molecule has 2 amide bonds. The molecular formula is C32H41F2N4O12P. The first-order valence-corrected chi connectivity index (χ1v) is 17.6. The Morgan fingerprint density at radius 2 is 1.90 bits per heavy atom. The SMILES string of the molecule is C/C(C[C@@]1(C)CC[C@H](C)N2C[C@H]1n1cc(C(=O)NCc3ccc(F)cc3F)c(=O)c(OCOC(=O)O[C@H](C)C[C@@H](C)OP(=O)(O)O)c1C2=O)=N/O. The lowest BCUT2D eigenvalue weighted by molar-refractivity contribution is -0.0205. The zero-order chi connectivity index (χ0) is 37.8. The molecule has 51 heavy (non-hydrogen) atoms. The van der Waals surface area contributed by atoms with Gasteiger partial charge < -0.3 is 44.0 Å². The fourth-order valence-electron chi connectivity index (χ4n) is 6.54. The first kappa shape index (κ1) is 39.4. The third-order valence-electron chi connectivity index (χ3n) is 9.02. The number of aromatic nitrogens is 1. The van der Waals surface area contributed by atoms with E-state index in [0.717, 1.165) is 12.1 Å². The van der Waals surface area contributed by atoms with Gasteiger partial charge in [0.1, 0.15) is 23.3 Å². The second-order valence-electron chi connectivity index (χ2n) is 13.1. The molecule has 4 rings (SSSR count). The smallest absolute Gasteiger partial charge is 0.451 e. The second kappa shape index (κ2) is 15.9. The van der Waals surface area contributed by atoms with Crippen LogP contribution in [0, 0.1) is 17.0 Å². The first-order valence-electron chi connectivity index (χ1n) is 16.0. The lowest BCUT2D eigenvalue weighted by Gasteiger charge is -2.43. The number of hydrogen-bond donors (Lipinski definition) is 4. The maximum Gasteiger partial charge on any atom is 0.511 e. The normalized spacial score (nSPS) is 21.6. The van der Waals surface area contributed by atoms with Crippen LogP contribution in [0.1, 0.15) is 92.8 Å². The molecule has 1 aromatic carbocycles. The molecule has 16 nitrogen and oxygen atoms in total. The summed E-state index contributed by atoms with van der Waals surface area (Å²) < 4.78 is 60.5. The highest BCUT2D eigenvalue weighted by Gasteiger charge is 2.48. The van der Waals surface area contributed by atoms with Crippen molar-refractivity contribution in [2.24, 2.45) is 10.6 Å². The maximum absolute atomic E-state index is 14.3. The molecule has 5 atom stereocenters. The fourth-order valence-corrected chi connectivity index (χ4v) is 7.09. The van der Waals surface area contributed by atoms with Crippen molar-refractivity contribution in [1.29, 1.82) is 0 Å². The van der Waals surface area contributed by atoms with Gasteiger partial charge in [-0.05, 0) is 58.4 Å². The number of nitrogens with zero attached hydrogens (tertiary/aromatic N) is 3. The summed E-state index contributed by atoms with van der Waals surface area (Å²) >= 11 is 0. The molecule has 3 heterocycles. The number of hydrogen-bond acceptors (Lipinski definition) is 11. The number of phosphoric acid groups is 1. The number of ether oxygens (including phenoxy) is 3. The van der Waals surface area contributed by atoms with Crippen molar-refractivity contribution in [2.75, 3.05) is 13.3 Å². The number of halogens is 2. The van der Waals surface area contributed by atoms with Gasteiger partial charge in [-0.15, -0.1) is 0 Å². The molecule has 1 aromatic heterocycles. The van der Waals surface area contributed by atoms with E-state index >= 15 is 0 Å². The lowest BCUT2D eigenvalue weighted by atomic mass is 9.74. The average molecular weight is 743 g/mol. The highest BCUT2D eigenvalue weighted by molar-refractivity contribution is 7.46. The minimum atomic E-state index is -4.78. The molecule has 2 aromatic rings. The van der Waals surface area contributed by atoms with Gasteiger partial charge in [0.05, 0.1) is 17.9 Å². The van der Waals surface area contributed by atoms with E-state index in [1.807, 2.05) is 13.8 Å². The summed E-state index contributed by atoms with van der Waals surface area (Å²) in [6.45, 7) is 7.02. The van der Waals surface area contributed by atoms with Crippen LogP contribution in [0.5, 0.6) is 5.75 Å². The third kappa shape index (κ3) is 9.49. The molecule has 2 aliphatic rings. The zero-order valence-corrected chi connectivity index (χ0v) is 29.5. The molecule has 0 aliphatic carbocycles. The predicted molar refractivity (Wildman–Crippen MR) is 174 cm³/mol. The largest absolute Gasteiger partial charge is 0.511 e. The van der Waals surface area contributed by atoms with Gasteiger partial charge in [0.15, 0.2) is 5.69 Å². The number of amides is 2. The Labute approximate surface area is 291 Å². The molecule has 2 bridgehead atoms. The number of phosphoric ester groups is 1. The van der Waals surface area contributed by atoms with Crippen molar-refractivity contribution in [3.63, 3.8) is 0 Å². The van der Waals surface area contributed by atoms with Crippen molar-refractivity contribution < 1.29 is 61.5 Å². The van der Waals surface area contributed by atoms with Crippen LogP contribution in [0.25, 0.3) is 0 Å². The minimum Gasteiger partial charge on any atom is -0.451 e. The molecule has 19 heteroatoms. The first-order chi connectivity index (χ1) is 23.8. The van der Waals surface area contributed by atoms with E-state index in [-0.39, 0.29) is 30.3 Å². The van der Waals surface area contributed by atoms with Crippen LogP contribution in [0.15, 0.2) is 34.3 Å². The number of pyridine rings is 1. The van der Waals surface area contributed by atoms with Crippen molar-refractivity contribution in [3.8, 4) is 5.75 Å². The van der Waals surface area contributed by atoms with E-state index in [1.165, 1.54) is 24.6 Å². The van der Waals surface area contributed by atoms with Crippen LogP contribution in [-0.2, 0) is 25.1 Å². The van der Waals surface area contributed by atoms with E-state index in [4.69, 9.17) is 24.0 Å². The molecule has 1 saturated heterocycles. The van der Waals surface area contributed by atoms with Crippen molar-refractivity contribution in [1.82, 2.24) is 14.8 Å². The number of oxime groups is 1. The van der Waals surface area contributed by atoms with Crippen molar-refractivity contribution >= 4 is 31.5 Å². The standard InChI is InChI=1S/C32H41F2N4O12P/c1-17(36-43)12-32(5)9-8-18(2)37-15-25(32)38-14-23(29(40)35-13-21-6-7-22(33)11-24(21)34)27(39)28(26(38)30(37)41)47-16-48-31(42)49-19(3)10-20(4)50-51(44,45)46/h6-7,11,14,18-20,25,43H,8-10,12-13,15-16H2,1-5H3,(H,35,40)(H2,44,45,46)/b36-17-/t18-,19+,20+,25+,32+/m0/s1. The summed E-state index contributed by atoms with van der Waals surface area (Å²) in [5, 5.41) is 15.3. The molecule has 1 fully saturated rings. The highest BCUT2D eigenvalue weighted by Crippen LogP contribution is 2.47. The number of rotatable bonds is 13. The summed E-state index contributed by atoms with van der Waals surface area (Å²) in [7, 11) is -4.78. The van der Waals surface area contributed by atoms with Crippen molar-refractivity contribution in [3.05, 3.63) is 63.1 Å². The minimum absolute atomic E-state index is 0.0574. The summed E-state index contributed by atoms with van der Waals surface area (Å²) in [5.41, 5.74) is -2.05. The molecule has 0 radical (unpaired) electrons. The Hall–Kier alpha value is -4.38. The van der Waals surface area contributed by atoms with E-state index < -0.39 is 91.2 Å². The molecule has 0 saturated carbocycles. The van der Waals surface area contributed by atoms with E-state index in [2.05, 4.69) is 15.0 Å². The van der Waals surface area contributed by atoms with Gasteiger partial charge in [0.25, 0.3) is 11.8 Å². The van der Waals surface area contributed by atoms with Crippen LogP contribution in [0.2, 0.25) is 0 Å². The van der Waals surface area contributed by atoms with Gasteiger partial charge in [0.2, 0.25) is 18.0 Å². The fraction of sp³-hybridized carbons (Fsp3) is 0.531. The van der Waals surface area contributed by atoms with Crippen LogP contribution in [0.4, 0.5) is 13.6 Å². The predicted octanol–water partition coefficient (Wildman–Crippen LogP) is 4.25. The van der Waals surface area contributed by atoms with Gasteiger partial charge in [-0.25, -0.2) is 18.1 Å². The monoisotopic (exact) mass is 742 g/mol. The van der Waals surface area contributed by atoms with Gasteiger partial charge in [-0.2, -0.15) is 0 Å². The summed E-state index contributed by atoms with van der Waals surface area (Å²) in [6, 6.07) is 1.95. The van der Waals surface area contributed by atoms with Gasteiger partial charge >= 0.3 is 14.0 Å². The maximum atomic E-state index is 14.3. The van der Waals surface area contributed by atoms with Gasteiger partial charge in [-0.3, -0.25) is 18.9 Å². The second-order valence-corrected chi connectivity index (χ2v) is 14.3. The van der Waals surface area contributed by atoms with Gasteiger partial charge in [0, 0.05) is 43.4 Å². The Morgan fingerprint density at radius 1 is 1.20 bits per heavy atom. The van der Waals surface area contributed by atoms with Crippen LogP contribution >= 0.6 is 7.82 Å². The summed E-state index contributed by atoms with van der Waals surface area (Å²) in [4.78, 5) is 73.4. The molecule has 280 valence electrons. The van der Waals surface area contributed by atoms with Gasteiger partial charge in [-0.1, -0.05) is 18.1 Å². The Morgan fingerprint density at radius 3 is 2.55 bits per heavy atom. The Bertz CT molecular complexity index is 1800. The van der Waals surface area contributed by atoms with Crippen molar-refractivity contribution in [2.45, 2.75) is 91.1 Å². The number of benzene rings is 1. The highest BCUT2D eigenvalue weighted by atomic mass is 31.2. The van der Waals surface area contributed by atoms with Crippen LogP contribution in [-0.4, -0.2) is 79.7 Å². The lowest BCUT2D eigenvalue weighted by Crippen LogP contribution is -2.50. The quantitative estimate of drug-likeness (QED) is 0.0566. The average Bonchev–Trinajstić information content (AvgIpc) is 3.13.